The Morgan fingerprint density at radius 2 is 2.22 bits per heavy atom. The molecule has 1 saturated carbocycles. The predicted molar refractivity (Wildman–Crippen MR) is 75.0 cm³/mol. The van der Waals surface area contributed by atoms with E-state index in [9.17, 15) is 5.11 Å². The first-order valence-electron chi connectivity index (χ1n) is 6.63. The SMILES string of the molecule is CC(C)CCN(c1cc(CO)c(Cl)cn1)C1CC1. The Morgan fingerprint density at radius 3 is 2.78 bits per heavy atom. The largest absolute Gasteiger partial charge is 0.392 e. The lowest BCUT2D eigenvalue weighted by molar-refractivity contribution is 0.282. The fourth-order valence-corrected chi connectivity index (χ4v) is 2.18. The highest BCUT2D eigenvalue weighted by Crippen LogP contribution is 2.32. The van der Waals surface area contributed by atoms with Crippen LogP contribution >= 0.6 is 11.6 Å². The lowest BCUT2D eigenvalue weighted by Gasteiger charge is -2.25. The molecule has 1 fully saturated rings. The van der Waals surface area contributed by atoms with Gasteiger partial charge in [0.05, 0.1) is 11.6 Å². The monoisotopic (exact) mass is 268 g/mol. The van der Waals surface area contributed by atoms with Crippen molar-refractivity contribution in [2.45, 2.75) is 45.8 Å². The summed E-state index contributed by atoms with van der Waals surface area (Å²) in [6.45, 7) is 5.47. The molecule has 18 heavy (non-hydrogen) atoms. The smallest absolute Gasteiger partial charge is 0.129 e. The van der Waals surface area contributed by atoms with Crippen molar-refractivity contribution < 1.29 is 5.11 Å². The molecule has 0 radical (unpaired) electrons. The van der Waals surface area contributed by atoms with E-state index in [1.807, 2.05) is 6.07 Å². The Kier molecular flexibility index (Phi) is 4.46. The number of halogens is 1. The molecule has 1 heterocycles. The molecule has 0 bridgehead atoms. The van der Waals surface area contributed by atoms with Crippen LogP contribution in [-0.4, -0.2) is 22.7 Å². The highest BCUT2D eigenvalue weighted by molar-refractivity contribution is 6.31. The van der Waals surface area contributed by atoms with Gasteiger partial charge in [0.1, 0.15) is 5.82 Å². The Hall–Kier alpha value is -0.800. The number of hydrogen-bond acceptors (Lipinski definition) is 3. The molecule has 0 aromatic carbocycles. The van der Waals surface area contributed by atoms with Crippen LogP contribution in [0.1, 0.15) is 38.7 Å². The van der Waals surface area contributed by atoms with Gasteiger partial charge in [-0.15, -0.1) is 0 Å². The minimum absolute atomic E-state index is 0.0307. The molecule has 0 aliphatic heterocycles. The molecule has 100 valence electrons. The van der Waals surface area contributed by atoms with Crippen LogP contribution in [0.3, 0.4) is 0 Å². The number of aromatic nitrogens is 1. The van der Waals surface area contributed by atoms with Gasteiger partial charge in [0, 0.05) is 24.3 Å². The topological polar surface area (TPSA) is 36.4 Å². The molecule has 0 spiro atoms. The zero-order chi connectivity index (χ0) is 13.1. The first kappa shape index (κ1) is 13.6. The van der Waals surface area contributed by atoms with Crippen LogP contribution in [0.4, 0.5) is 5.82 Å². The van der Waals surface area contributed by atoms with Gasteiger partial charge in [-0.2, -0.15) is 0 Å². The van der Waals surface area contributed by atoms with Gasteiger partial charge in [0.15, 0.2) is 0 Å². The van der Waals surface area contributed by atoms with Crippen molar-refractivity contribution in [1.29, 1.82) is 0 Å². The van der Waals surface area contributed by atoms with Gasteiger partial charge >= 0.3 is 0 Å². The highest BCUT2D eigenvalue weighted by atomic mass is 35.5. The van der Waals surface area contributed by atoms with Crippen molar-refractivity contribution >= 4 is 17.4 Å². The molecule has 4 heteroatoms. The minimum Gasteiger partial charge on any atom is -0.392 e. The highest BCUT2D eigenvalue weighted by Gasteiger charge is 2.30. The van der Waals surface area contributed by atoms with Gasteiger partial charge in [-0.3, -0.25) is 0 Å². The lowest BCUT2D eigenvalue weighted by atomic mass is 10.1. The third-order valence-corrected chi connectivity index (χ3v) is 3.66. The summed E-state index contributed by atoms with van der Waals surface area (Å²) in [5.74, 6) is 1.64. The number of aliphatic hydroxyl groups is 1. The summed E-state index contributed by atoms with van der Waals surface area (Å²) in [7, 11) is 0. The predicted octanol–water partition coefficient (Wildman–Crippen LogP) is 3.24. The standard InChI is InChI=1S/C14H21ClN2O/c1-10(2)5-6-17(12-3-4-12)14-7-11(9-18)13(15)8-16-14/h7-8,10,12,18H,3-6,9H2,1-2H3. The molecule has 0 atom stereocenters. The van der Waals surface area contributed by atoms with E-state index in [4.69, 9.17) is 11.6 Å². The van der Waals surface area contributed by atoms with Crippen molar-refractivity contribution in [1.82, 2.24) is 4.98 Å². The molecule has 1 aliphatic rings. The molecule has 3 nitrogen and oxygen atoms in total. The quantitative estimate of drug-likeness (QED) is 0.860. The summed E-state index contributed by atoms with van der Waals surface area (Å²) < 4.78 is 0. The Bertz CT molecular complexity index is 405. The fourth-order valence-electron chi connectivity index (χ4n) is 2.01. The average molecular weight is 269 g/mol. The molecule has 2 rings (SSSR count). The molecular formula is C14H21ClN2O. The molecule has 0 saturated heterocycles. The van der Waals surface area contributed by atoms with Crippen LogP contribution in [-0.2, 0) is 6.61 Å². The number of pyridine rings is 1. The van der Waals surface area contributed by atoms with Crippen LogP contribution in [0, 0.1) is 5.92 Å². The van der Waals surface area contributed by atoms with Crippen molar-refractivity contribution in [3.8, 4) is 0 Å². The molecule has 0 amide bonds. The number of rotatable bonds is 6. The fraction of sp³-hybridized carbons (Fsp3) is 0.643. The van der Waals surface area contributed by atoms with Crippen LogP contribution < -0.4 is 4.90 Å². The summed E-state index contributed by atoms with van der Waals surface area (Å²) in [6, 6.07) is 2.55. The van der Waals surface area contributed by atoms with Gasteiger partial charge in [-0.1, -0.05) is 25.4 Å². The summed E-state index contributed by atoms with van der Waals surface area (Å²) >= 11 is 5.98. The van der Waals surface area contributed by atoms with E-state index in [0.717, 1.165) is 24.3 Å². The third-order valence-electron chi connectivity index (χ3n) is 3.32. The zero-order valence-electron chi connectivity index (χ0n) is 11.1. The molecule has 1 N–H and O–H groups in total. The van der Waals surface area contributed by atoms with E-state index in [1.165, 1.54) is 12.8 Å². The molecule has 1 aliphatic carbocycles. The summed E-state index contributed by atoms with van der Waals surface area (Å²) in [5, 5.41) is 9.81. The number of aliphatic hydroxyl groups excluding tert-OH is 1. The van der Waals surface area contributed by atoms with Crippen LogP contribution in [0.5, 0.6) is 0 Å². The van der Waals surface area contributed by atoms with E-state index < -0.39 is 0 Å². The van der Waals surface area contributed by atoms with E-state index in [0.29, 0.717) is 17.0 Å². The summed E-state index contributed by atoms with van der Waals surface area (Å²) in [4.78, 5) is 6.77. The molecule has 1 aromatic rings. The van der Waals surface area contributed by atoms with Crippen LogP contribution in [0.2, 0.25) is 5.02 Å². The lowest BCUT2D eigenvalue weighted by Crippen LogP contribution is -2.28. The second-order valence-corrected chi connectivity index (χ2v) is 5.81. The van der Waals surface area contributed by atoms with Gasteiger partial charge < -0.3 is 10.0 Å². The maximum Gasteiger partial charge on any atom is 0.129 e. The van der Waals surface area contributed by atoms with E-state index in [2.05, 4.69) is 23.7 Å². The Balaban J connectivity index is 2.14. The van der Waals surface area contributed by atoms with Gasteiger partial charge in [0.2, 0.25) is 0 Å². The molecular weight excluding hydrogens is 248 g/mol. The summed E-state index contributed by atoms with van der Waals surface area (Å²) in [5.41, 5.74) is 0.761. The van der Waals surface area contributed by atoms with Crippen LogP contribution in [0.15, 0.2) is 12.3 Å². The first-order valence-corrected chi connectivity index (χ1v) is 7.01. The second-order valence-electron chi connectivity index (χ2n) is 5.40. The third kappa shape index (κ3) is 3.36. The van der Waals surface area contributed by atoms with E-state index in [1.54, 1.807) is 6.20 Å². The van der Waals surface area contributed by atoms with Crippen LogP contribution in [0.25, 0.3) is 0 Å². The van der Waals surface area contributed by atoms with Crippen molar-refractivity contribution in [3.63, 3.8) is 0 Å². The van der Waals surface area contributed by atoms with Crippen molar-refractivity contribution in [2.75, 3.05) is 11.4 Å². The summed E-state index contributed by atoms with van der Waals surface area (Å²) in [6.07, 6.45) is 5.30. The van der Waals surface area contributed by atoms with Gasteiger partial charge in [-0.25, -0.2) is 4.98 Å². The number of anilines is 1. The van der Waals surface area contributed by atoms with Crippen molar-refractivity contribution in [2.24, 2.45) is 5.92 Å². The molecule has 0 unspecified atom stereocenters. The van der Waals surface area contributed by atoms with E-state index >= 15 is 0 Å². The maximum absolute atomic E-state index is 9.27. The Morgan fingerprint density at radius 1 is 1.50 bits per heavy atom. The first-order chi connectivity index (χ1) is 8.61. The second kappa shape index (κ2) is 5.89. The number of hydrogen-bond donors (Lipinski definition) is 1. The average Bonchev–Trinajstić information content (AvgIpc) is 3.15. The number of nitrogens with zero attached hydrogens (tertiary/aromatic N) is 2. The molecule has 1 aromatic heterocycles. The van der Waals surface area contributed by atoms with E-state index in [-0.39, 0.29) is 6.61 Å². The normalized spacial score (nSPS) is 15.2. The minimum atomic E-state index is -0.0307. The Labute approximate surface area is 114 Å². The zero-order valence-corrected chi connectivity index (χ0v) is 11.8. The maximum atomic E-state index is 9.27. The van der Waals surface area contributed by atoms with Gasteiger partial charge in [0.25, 0.3) is 0 Å². The van der Waals surface area contributed by atoms with Gasteiger partial charge in [-0.05, 0) is 31.2 Å². The van der Waals surface area contributed by atoms with Crippen molar-refractivity contribution in [3.05, 3.63) is 22.8 Å².